The van der Waals surface area contributed by atoms with Crippen molar-refractivity contribution in [1.82, 2.24) is 15.0 Å². The summed E-state index contributed by atoms with van der Waals surface area (Å²) >= 11 is 0. The number of aromatic amines is 1. The third-order valence-electron chi connectivity index (χ3n) is 3.16. The van der Waals surface area contributed by atoms with Crippen LogP contribution in [0.5, 0.6) is 0 Å². The van der Waals surface area contributed by atoms with Crippen molar-refractivity contribution in [3.63, 3.8) is 0 Å². The van der Waals surface area contributed by atoms with Gasteiger partial charge >= 0.3 is 0 Å². The molecule has 0 radical (unpaired) electrons. The Labute approximate surface area is 125 Å². The van der Waals surface area contributed by atoms with E-state index in [1.165, 1.54) is 0 Å². The molecule has 4 nitrogen and oxygen atoms in total. The van der Waals surface area contributed by atoms with Gasteiger partial charge in [0, 0.05) is 29.3 Å². The molecule has 0 spiro atoms. The lowest BCUT2D eigenvalue weighted by Gasteiger charge is -2.02. The topological polar surface area (TPSA) is 58.6 Å². The molecule has 0 aliphatic heterocycles. The third kappa shape index (κ3) is 2.78. The molecule has 106 valence electrons. The van der Waals surface area contributed by atoms with E-state index in [2.05, 4.69) is 15.0 Å². The Bertz CT molecular complexity index is 697. The van der Waals surface area contributed by atoms with Gasteiger partial charge in [-0.25, -0.2) is 4.98 Å². The highest BCUT2D eigenvalue weighted by atomic mass is 32.2. The highest BCUT2D eigenvalue weighted by Gasteiger charge is 2.16. The molecule has 1 atom stereocenters. The smallest absolute Gasteiger partial charge is 0.197 e. The number of benzene rings is 1. The largest absolute Gasteiger partial charge is 0.330 e. The van der Waals surface area contributed by atoms with Crippen molar-refractivity contribution in [2.75, 3.05) is 5.75 Å². The van der Waals surface area contributed by atoms with E-state index in [0.29, 0.717) is 10.9 Å². The van der Waals surface area contributed by atoms with E-state index >= 15 is 0 Å². The van der Waals surface area contributed by atoms with E-state index in [9.17, 15) is 4.21 Å². The number of nitrogens with one attached hydrogen (secondary N) is 1. The molecule has 0 amide bonds. The van der Waals surface area contributed by atoms with Gasteiger partial charge in [0.2, 0.25) is 0 Å². The van der Waals surface area contributed by atoms with Gasteiger partial charge in [-0.15, -0.1) is 0 Å². The first-order valence-corrected chi connectivity index (χ1v) is 8.05. The second-order valence-electron chi connectivity index (χ2n) is 4.51. The minimum Gasteiger partial charge on any atom is -0.330 e. The minimum absolute atomic E-state index is 0.509. The molecule has 1 unspecified atom stereocenters. The van der Waals surface area contributed by atoms with E-state index in [0.717, 1.165) is 22.5 Å². The number of nitrogens with zero attached hydrogens (tertiary/aromatic N) is 2. The molecule has 1 aromatic carbocycles. The summed E-state index contributed by atoms with van der Waals surface area (Å²) in [5, 5.41) is 0.509. The number of hydrogen-bond acceptors (Lipinski definition) is 3. The Morgan fingerprint density at radius 2 is 1.86 bits per heavy atom. The lowest BCUT2D eigenvalue weighted by Crippen LogP contribution is -1.96. The van der Waals surface area contributed by atoms with Gasteiger partial charge in [0.25, 0.3) is 0 Å². The number of H-pyrrole nitrogens is 1. The maximum absolute atomic E-state index is 12.0. The average molecular weight is 297 g/mol. The standard InChI is InChI=1S/C16H15N3OS/c1-2-21(20)16-18-14(12-7-4-3-5-8-12)15(19-16)13-9-6-10-17-11-13/h3-11H,2H2,1H3,(H,18,19). The second-order valence-corrected chi connectivity index (χ2v) is 6.16. The third-order valence-corrected chi connectivity index (χ3v) is 4.31. The van der Waals surface area contributed by atoms with Gasteiger partial charge < -0.3 is 4.98 Å². The van der Waals surface area contributed by atoms with Crippen LogP contribution in [0.3, 0.4) is 0 Å². The quantitative estimate of drug-likeness (QED) is 0.804. The SMILES string of the molecule is CCS(=O)c1nc(-c2cccnc2)c(-c2ccccc2)[nH]1. The van der Waals surface area contributed by atoms with Crippen molar-refractivity contribution in [2.45, 2.75) is 12.1 Å². The zero-order valence-corrected chi connectivity index (χ0v) is 12.4. The second kappa shape index (κ2) is 6.01. The summed E-state index contributed by atoms with van der Waals surface area (Å²) in [7, 11) is -1.11. The normalized spacial score (nSPS) is 12.2. The average Bonchev–Trinajstić information content (AvgIpc) is 3.01. The molecule has 3 rings (SSSR count). The molecule has 0 aliphatic carbocycles. The number of aromatic nitrogens is 3. The first-order chi connectivity index (χ1) is 10.3. The highest BCUT2D eigenvalue weighted by molar-refractivity contribution is 7.84. The molecule has 0 bridgehead atoms. The van der Waals surface area contributed by atoms with Crippen LogP contribution in [0, 0.1) is 0 Å². The molecule has 21 heavy (non-hydrogen) atoms. The van der Waals surface area contributed by atoms with Crippen molar-refractivity contribution >= 4 is 10.8 Å². The molecule has 5 heteroatoms. The summed E-state index contributed by atoms with van der Waals surface area (Å²) in [5.74, 6) is 0.536. The van der Waals surface area contributed by atoms with Gasteiger partial charge in [-0.05, 0) is 12.1 Å². The zero-order chi connectivity index (χ0) is 14.7. The van der Waals surface area contributed by atoms with Gasteiger partial charge in [0.15, 0.2) is 5.16 Å². The van der Waals surface area contributed by atoms with Gasteiger partial charge in [0.05, 0.1) is 22.2 Å². The summed E-state index contributed by atoms with van der Waals surface area (Å²) in [6.07, 6.45) is 3.49. The summed E-state index contributed by atoms with van der Waals surface area (Å²) in [6.45, 7) is 1.88. The monoisotopic (exact) mass is 297 g/mol. The number of imidazole rings is 1. The van der Waals surface area contributed by atoms with Crippen LogP contribution in [0.25, 0.3) is 22.5 Å². The minimum atomic E-state index is -1.11. The van der Waals surface area contributed by atoms with Crippen molar-refractivity contribution < 1.29 is 4.21 Å². The molecule has 2 aromatic heterocycles. The maximum Gasteiger partial charge on any atom is 0.197 e. The van der Waals surface area contributed by atoms with Crippen LogP contribution in [0.1, 0.15) is 6.92 Å². The van der Waals surface area contributed by atoms with Gasteiger partial charge in [-0.1, -0.05) is 37.3 Å². The van der Waals surface area contributed by atoms with Crippen LogP contribution in [-0.4, -0.2) is 24.9 Å². The van der Waals surface area contributed by atoms with Crippen LogP contribution in [0.2, 0.25) is 0 Å². The summed E-state index contributed by atoms with van der Waals surface area (Å²) < 4.78 is 12.0. The first-order valence-electron chi connectivity index (χ1n) is 6.73. The molecule has 3 aromatic rings. The predicted octanol–water partition coefficient (Wildman–Crippen LogP) is 3.27. The molecular formula is C16H15N3OS. The molecule has 0 aliphatic rings. The maximum atomic E-state index is 12.0. The number of hydrogen-bond donors (Lipinski definition) is 1. The van der Waals surface area contributed by atoms with Gasteiger partial charge in [0.1, 0.15) is 0 Å². The number of pyridine rings is 1. The van der Waals surface area contributed by atoms with Crippen LogP contribution in [-0.2, 0) is 10.8 Å². The van der Waals surface area contributed by atoms with Crippen LogP contribution >= 0.6 is 0 Å². The predicted molar refractivity (Wildman–Crippen MR) is 84.2 cm³/mol. The Kier molecular flexibility index (Phi) is 3.92. The molecule has 0 fully saturated rings. The fourth-order valence-electron chi connectivity index (χ4n) is 2.12. The van der Waals surface area contributed by atoms with Crippen molar-refractivity contribution in [3.05, 3.63) is 54.9 Å². The van der Waals surface area contributed by atoms with E-state index in [-0.39, 0.29) is 0 Å². The Hall–Kier alpha value is -2.27. The lowest BCUT2D eigenvalue weighted by molar-refractivity contribution is 0.678. The van der Waals surface area contributed by atoms with E-state index < -0.39 is 10.8 Å². The van der Waals surface area contributed by atoms with Crippen LogP contribution in [0.15, 0.2) is 60.0 Å². The molecule has 0 saturated carbocycles. The van der Waals surface area contributed by atoms with Crippen molar-refractivity contribution in [1.29, 1.82) is 0 Å². The molecule has 2 heterocycles. The summed E-state index contributed by atoms with van der Waals surface area (Å²) in [5.41, 5.74) is 3.58. The van der Waals surface area contributed by atoms with E-state index in [1.54, 1.807) is 12.4 Å². The fraction of sp³-hybridized carbons (Fsp3) is 0.125. The summed E-state index contributed by atoms with van der Waals surface area (Å²) in [4.78, 5) is 11.9. The van der Waals surface area contributed by atoms with Crippen molar-refractivity contribution in [2.24, 2.45) is 0 Å². The van der Waals surface area contributed by atoms with Crippen LogP contribution in [0.4, 0.5) is 0 Å². The Morgan fingerprint density at radius 3 is 2.52 bits per heavy atom. The van der Waals surface area contributed by atoms with E-state index in [4.69, 9.17) is 0 Å². The molecule has 0 saturated heterocycles. The van der Waals surface area contributed by atoms with Crippen LogP contribution < -0.4 is 0 Å². The van der Waals surface area contributed by atoms with Gasteiger partial charge in [-0.3, -0.25) is 9.19 Å². The first kappa shape index (κ1) is 13.7. The Morgan fingerprint density at radius 1 is 1.10 bits per heavy atom. The zero-order valence-electron chi connectivity index (χ0n) is 11.6. The lowest BCUT2D eigenvalue weighted by atomic mass is 10.1. The highest BCUT2D eigenvalue weighted by Crippen LogP contribution is 2.30. The van der Waals surface area contributed by atoms with E-state index in [1.807, 2.05) is 49.4 Å². The van der Waals surface area contributed by atoms with Gasteiger partial charge in [-0.2, -0.15) is 0 Å². The fourth-order valence-corrected chi connectivity index (χ4v) is 2.80. The number of rotatable bonds is 4. The summed E-state index contributed by atoms with van der Waals surface area (Å²) in [6, 6.07) is 13.7. The molecular weight excluding hydrogens is 282 g/mol. The van der Waals surface area contributed by atoms with Crippen molar-refractivity contribution in [3.8, 4) is 22.5 Å². The molecule has 1 N–H and O–H groups in total. The Balaban J connectivity index is 2.18.